The first-order chi connectivity index (χ1) is 8.10. The fourth-order valence-corrected chi connectivity index (χ4v) is 2.18. The molecule has 1 rings (SSSR count). The molecule has 96 valence electrons. The first-order valence-electron chi connectivity index (χ1n) is 6.57. The van der Waals surface area contributed by atoms with Crippen LogP contribution in [0, 0.1) is 11.8 Å². The Morgan fingerprint density at radius 3 is 2.18 bits per heavy atom. The third-order valence-corrected chi connectivity index (χ3v) is 3.39. The molecule has 0 heterocycles. The van der Waals surface area contributed by atoms with Crippen molar-refractivity contribution >= 4 is 0 Å². The van der Waals surface area contributed by atoms with Crippen LogP contribution in [0.5, 0.6) is 0 Å². The molecule has 1 aromatic carbocycles. The molecule has 2 unspecified atom stereocenters. The highest BCUT2D eigenvalue weighted by molar-refractivity contribution is 5.24. The van der Waals surface area contributed by atoms with E-state index >= 15 is 0 Å². The number of benzene rings is 1. The van der Waals surface area contributed by atoms with Crippen LogP contribution in [-0.2, 0) is 6.42 Å². The van der Waals surface area contributed by atoms with Crippen molar-refractivity contribution in [3.63, 3.8) is 0 Å². The maximum absolute atomic E-state index is 10.3. The van der Waals surface area contributed by atoms with Crippen molar-refractivity contribution in [1.82, 2.24) is 0 Å². The summed E-state index contributed by atoms with van der Waals surface area (Å²) in [4.78, 5) is 0. The number of aliphatic hydroxyl groups excluding tert-OH is 1. The minimum atomic E-state index is -0.448. The fraction of sp³-hybridized carbons (Fsp3) is 0.600. The average Bonchev–Trinajstić information content (AvgIpc) is 2.30. The predicted molar refractivity (Wildman–Crippen MR) is 72.8 cm³/mol. The molecule has 2 nitrogen and oxygen atoms in total. The molecule has 3 N–H and O–H groups in total. The highest BCUT2D eigenvalue weighted by Crippen LogP contribution is 2.27. The van der Waals surface area contributed by atoms with E-state index in [1.165, 1.54) is 5.56 Å². The van der Waals surface area contributed by atoms with Gasteiger partial charge in [-0.2, -0.15) is 0 Å². The Kier molecular flexibility index (Phi) is 5.66. The molecule has 0 spiro atoms. The Bertz CT molecular complexity index is 318. The first-order valence-corrected chi connectivity index (χ1v) is 6.57. The van der Waals surface area contributed by atoms with Gasteiger partial charge < -0.3 is 10.8 Å². The normalized spacial score (nSPS) is 14.9. The van der Waals surface area contributed by atoms with Crippen LogP contribution in [0.1, 0.15) is 44.4 Å². The van der Waals surface area contributed by atoms with Crippen LogP contribution >= 0.6 is 0 Å². The number of rotatable bonds is 6. The molecule has 0 aromatic heterocycles. The van der Waals surface area contributed by atoms with Crippen LogP contribution in [0.25, 0.3) is 0 Å². The van der Waals surface area contributed by atoms with Crippen LogP contribution in [0.2, 0.25) is 0 Å². The van der Waals surface area contributed by atoms with Gasteiger partial charge in [0.1, 0.15) is 0 Å². The number of aliphatic hydroxyl groups is 1. The summed E-state index contributed by atoms with van der Waals surface area (Å²) in [6, 6.07) is 8.27. The molecule has 2 heteroatoms. The lowest BCUT2D eigenvalue weighted by atomic mass is 9.86. The van der Waals surface area contributed by atoms with Crippen molar-refractivity contribution in [2.75, 3.05) is 6.54 Å². The predicted octanol–water partition coefficient (Wildman–Crippen LogP) is 2.90. The zero-order valence-electron chi connectivity index (χ0n) is 11.2. The van der Waals surface area contributed by atoms with E-state index in [1.807, 2.05) is 12.1 Å². The third-order valence-electron chi connectivity index (χ3n) is 3.39. The van der Waals surface area contributed by atoms with Gasteiger partial charge in [0.2, 0.25) is 0 Å². The van der Waals surface area contributed by atoms with Gasteiger partial charge in [-0.3, -0.25) is 0 Å². The highest BCUT2D eigenvalue weighted by Gasteiger charge is 2.22. The molecule has 0 saturated heterocycles. The fourth-order valence-electron chi connectivity index (χ4n) is 2.18. The molecule has 0 radical (unpaired) electrons. The molecule has 1 aromatic rings. The molecule has 0 aliphatic rings. The maximum Gasteiger partial charge on any atom is 0.0832 e. The van der Waals surface area contributed by atoms with E-state index in [9.17, 15) is 5.11 Å². The molecule has 0 fully saturated rings. The highest BCUT2D eigenvalue weighted by atomic mass is 16.3. The van der Waals surface area contributed by atoms with Crippen LogP contribution in [0.4, 0.5) is 0 Å². The summed E-state index contributed by atoms with van der Waals surface area (Å²) in [5.74, 6) is 0.525. The monoisotopic (exact) mass is 235 g/mol. The van der Waals surface area contributed by atoms with Gasteiger partial charge in [0.15, 0.2) is 0 Å². The number of aryl methyl sites for hydroxylation is 1. The molecule has 0 aliphatic heterocycles. The van der Waals surface area contributed by atoms with Gasteiger partial charge in [0.05, 0.1) is 6.10 Å². The van der Waals surface area contributed by atoms with Crippen molar-refractivity contribution in [3.8, 4) is 0 Å². The Morgan fingerprint density at radius 2 is 1.76 bits per heavy atom. The molecule has 0 bridgehead atoms. The van der Waals surface area contributed by atoms with E-state index in [2.05, 4.69) is 32.9 Å². The summed E-state index contributed by atoms with van der Waals surface area (Å²) >= 11 is 0. The van der Waals surface area contributed by atoms with Gasteiger partial charge in [-0.25, -0.2) is 0 Å². The lowest BCUT2D eigenvalue weighted by Gasteiger charge is -2.25. The Morgan fingerprint density at radius 1 is 1.18 bits per heavy atom. The number of hydrogen-bond donors (Lipinski definition) is 2. The van der Waals surface area contributed by atoms with E-state index in [0.29, 0.717) is 12.5 Å². The van der Waals surface area contributed by atoms with Crippen molar-refractivity contribution in [3.05, 3.63) is 35.4 Å². The average molecular weight is 235 g/mol. The van der Waals surface area contributed by atoms with E-state index in [1.54, 1.807) is 0 Å². The summed E-state index contributed by atoms with van der Waals surface area (Å²) in [7, 11) is 0. The van der Waals surface area contributed by atoms with Crippen molar-refractivity contribution in [1.29, 1.82) is 0 Å². The largest absolute Gasteiger partial charge is 0.388 e. The molecule has 0 aliphatic carbocycles. The molecule has 0 amide bonds. The molecular weight excluding hydrogens is 210 g/mol. The van der Waals surface area contributed by atoms with Crippen molar-refractivity contribution in [2.45, 2.75) is 39.7 Å². The van der Waals surface area contributed by atoms with Crippen molar-refractivity contribution in [2.24, 2.45) is 17.6 Å². The second kappa shape index (κ2) is 6.77. The second-order valence-electron chi connectivity index (χ2n) is 5.08. The standard InChI is InChI=1S/C15H25NO/c1-4-5-12-6-8-13(9-7-12)15(17)14(10-16)11(2)3/h6-9,11,14-15,17H,4-5,10,16H2,1-3H3. The van der Waals surface area contributed by atoms with Crippen LogP contribution < -0.4 is 5.73 Å². The molecule has 0 saturated carbocycles. The zero-order valence-corrected chi connectivity index (χ0v) is 11.2. The zero-order chi connectivity index (χ0) is 12.8. The lowest BCUT2D eigenvalue weighted by molar-refractivity contribution is 0.0861. The summed E-state index contributed by atoms with van der Waals surface area (Å²) in [6.45, 7) is 6.90. The third kappa shape index (κ3) is 3.83. The Hall–Kier alpha value is -0.860. The van der Waals surface area contributed by atoms with Crippen LogP contribution in [-0.4, -0.2) is 11.7 Å². The van der Waals surface area contributed by atoms with Gasteiger partial charge in [-0.15, -0.1) is 0 Å². The van der Waals surface area contributed by atoms with E-state index < -0.39 is 6.10 Å². The topological polar surface area (TPSA) is 46.2 Å². The van der Waals surface area contributed by atoms with Gasteiger partial charge in [-0.1, -0.05) is 51.5 Å². The quantitative estimate of drug-likeness (QED) is 0.796. The summed E-state index contributed by atoms with van der Waals surface area (Å²) in [5, 5.41) is 10.3. The number of hydrogen-bond acceptors (Lipinski definition) is 2. The summed E-state index contributed by atoms with van der Waals surface area (Å²) < 4.78 is 0. The lowest BCUT2D eigenvalue weighted by Crippen LogP contribution is -2.26. The van der Waals surface area contributed by atoms with Gasteiger partial charge in [-0.05, 0) is 30.0 Å². The summed E-state index contributed by atoms with van der Waals surface area (Å²) in [6.07, 6.45) is 1.80. The maximum atomic E-state index is 10.3. The second-order valence-corrected chi connectivity index (χ2v) is 5.08. The molecular formula is C15H25NO. The smallest absolute Gasteiger partial charge is 0.0832 e. The Labute approximate surface area is 105 Å². The van der Waals surface area contributed by atoms with Crippen molar-refractivity contribution < 1.29 is 5.11 Å². The van der Waals surface area contributed by atoms with Gasteiger partial charge in [0.25, 0.3) is 0 Å². The van der Waals surface area contributed by atoms with E-state index in [0.717, 1.165) is 18.4 Å². The number of nitrogens with two attached hydrogens (primary N) is 1. The minimum Gasteiger partial charge on any atom is -0.388 e. The van der Waals surface area contributed by atoms with Crippen LogP contribution in [0.15, 0.2) is 24.3 Å². The minimum absolute atomic E-state index is 0.132. The first kappa shape index (κ1) is 14.2. The molecule has 17 heavy (non-hydrogen) atoms. The van der Waals surface area contributed by atoms with Crippen LogP contribution in [0.3, 0.4) is 0 Å². The Balaban J connectivity index is 2.77. The molecule has 2 atom stereocenters. The van der Waals surface area contributed by atoms with E-state index in [-0.39, 0.29) is 5.92 Å². The van der Waals surface area contributed by atoms with E-state index in [4.69, 9.17) is 5.73 Å². The van der Waals surface area contributed by atoms with Gasteiger partial charge >= 0.3 is 0 Å². The van der Waals surface area contributed by atoms with Gasteiger partial charge in [0, 0.05) is 5.92 Å². The SMILES string of the molecule is CCCc1ccc(C(O)C(CN)C(C)C)cc1. The summed E-state index contributed by atoms with van der Waals surface area (Å²) in [5.41, 5.74) is 8.04.